The van der Waals surface area contributed by atoms with E-state index in [1.807, 2.05) is 45.0 Å². The van der Waals surface area contributed by atoms with Crippen molar-refractivity contribution in [1.29, 1.82) is 0 Å². The maximum atomic E-state index is 11.5. The van der Waals surface area contributed by atoms with E-state index < -0.39 is 0 Å². The SMILES string of the molecule is CC(=NNC(N)=S)c1ccc(NC(=O)C(C)C)cc1. The first kappa shape index (κ1) is 15.1. The number of nitrogens with one attached hydrogen (secondary N) is 2. The van der Waals surface area contributed by atoms with E-state index in [1.54, 1.807) is 0 Å². The quantitative estimate of drug-likeness (QED) is 0.446. The number of hydrogen-bond acceptors (Lipinski definition) is 3. The summed E-state index contributed by atoms with van der Waals surface area (Å²) in [5.74, 6) is -0.0500. The van der Waals surface area contributed by atoms with Gasteiger partial charge in [-0.1, -0.05) is 26.0 Å². The molecule has 0 aliphatic heterocycles. The van der Waals surface area contributed by atoms with Crippen molar-refractivity contribution in [2.75, 3.05) is 5.32 Å². The zero-order valence-corrected chi connectivity index (χ0v) is 12.0. The largest absolute Gasteiger partial charge is 0.375 e. The highest BCUT2D eigenvalue weighted by Gasteiger charge is 2.07. The van der Waals surface area contributed by atoms with Crippen LogP contribution in [-0.2, 0) is 4.79 Å². The van der Waals surface area contributed by atoms with Gasteiger partial charge in [0, 0.05) is 11.6 Å². The maximum Gasteiger partial charge on any atom is 0.226 e. The fourth-order valence-electron chi connectivity index (χ4n) is 1.28. The Hall–Kier alpha value is -1.95. The Morgan fingerprint density at radius 2 is 1.89 bits per heavy atom. The molecule has 0 unspecified atom stereocenters. The van der Waals surface area contributed by atoms with Crippen molar-refractivity contribution in [3.63, 3.8) is 0 Å². The van der Waals surface area contributed by atoms with E-state index in [0.717, 1.165) is 17.0 Å². The van der Waals surface area contributed by atoms with E-state index in [0.29, 0.717) is 0 Å². The van der Waals surface area contributed by atoms with Gasteiger partial charge < -0.3 is 11.1 Å². The van der Waals surface area contributed by atoms with E-state index in [4.69, 9.17) is 5.73 Å². The predicted molar refractivity (Wildman–Crippen MR) is 82.0 cm³/mol. The molecule has 0 saturated carbocycles. The first-order valence-corrected chi connectivity index (χ1v) is 6.32. The average molecular weight is 278 g/mol. The van der Waals surface area contributed by atoms with Crippen LogP contribution in [0.15, 0.2) is 29.4 Å². The summed E-state index contributed by atoms with van der Waals surface area (Å²) in [6, 6.07) is 7.40. The van der Waals surface area contributed by atoms with E-state index in [1.165, 1.54) is 0 Å². The highest BCUT2D eigenvalue weighted by atomic mass is 32.1. The fraction of sp³-hybridized carbons (Fsp3) is 0.308. The zero-order valence-electron chi connectivity index (χ0n) is 11.2. The topological polar surface area (TPSA) is 79.5 Å². The molecule has 0 aliphatic rings. The Morgan fingerprint density at radius 3 is 2.37 bits per heavy atom. The van der Waals surface area contributed by atoms with E-state index >= 15 is 0 Å². The van der Waals surface area contributed by atoms with Gasteiger partial charge in [0.15, 0.2) is 5.11 Å². The lowest BCUT2D eigenvalue weighted by Crippen LogP contribution is -2.25. The standard InChI is InChI=1S/C13H18N4OS/c1-8(2)12(18)15-11-6-4-10(5-7-11)9(3)16-17-13(14)19/h4-8H,1-3H3,(H,15,18)(H3,14,17,19). The zero-order chi connectivity index (χ0) is 14.4. The van der Waals surface area contributed by atoms with Gasteiger partial charge in [-0.15, -0.1) is 0 Å². The molecule has 0 spiro atoms. The van der Waals surface area contributed by atoms with Crippen LogP contribution < -0.4 is 16.5 Å². The van der Waals surface area contributed by atoms with E-state index in [2.05, 4.69) is 28.1 Å². The molecule has 0 fully saturated rings. The lowest BCUT2D eigenvalue weighted by Gasteiger charge is -2.08. The first-order valence-electron chi connectivity index (χ1n) is 5.91. The van der Waals surface area contributed by atoms with Gasteiger partial charge in [0.05, 0.1) is 5.71 Å². The molecule has 0 aliphatic carbocycles. The van der Waals surface area contributed by atoms with Crippen LogP contribution in [0.2, 0.25) is 0 Å². The van der Waals surface area contributed by atoms with Crippen molar-refractivity contribution in [2.24, 2.45) is 16.8 Å². The minimum atomic E-state index is -0.0438. The van der Waals surface area contributed by atoms with Gasteiger partial charge in [-0.2, -0.15) is 5.10 Å². The molecule has 0 saturated heterocycles. The van der Waals surface area contributed by atoms with Crippen LogP contribution in [0.3, 0.4) is 0 Å². The lowest BCUT2D eigenvalue weighted by molar-refractivity contribution is -0.118. The second kappa shape index (κ2) is 6.84. The molecule has 0 bridgehead atoms. The molecule has 0 radical (unpaired) electrons. The van der Waals surface area contributed by atoms with Crippen LogP contribution in [0.5, 0.6) is 0 Å². The summed E-state index contributed by atoms with van der Waals surface area (Å²) in [5, 5.41) is 6.97. The second-order valence-corrected chi connectivity index (χ2v) is 4.83. The molecule has 0 aromatic heterocycles. The summed E-state index contributed by atoms with van der Waals surface area (Å²) in [7, 11) is 0. The fourth-order valence-corrected chi connectivity index (χ4v) is 1.33. The summed E-state index contributed by atoms with van der Waals surface area (Å²) in [6.45, 7) is 5.54. The maximum absolute atomic E-state index is 11.5. The molecule has 0 atom stereocenters. The third-order valence-corrected chi connectivity index (χ3v) is 2.52. The van der Waals surface area contributed by atoms with Gasteiger partial charge in [-0.3, -0.25) is 10.2 Å². The lowest BCUT2D eigenvalue weighted by atomic mass is 10.1. The van der Waals surface area contributed by atoms with Gasteiger partial charge in [0.1, 0.15) is 0 Å². The molecular formula is C13H18N4OS. The minimum absolute atomic E-state index is 0.00622. The second-order valence-electron chi connectivity index (χ2n) is 4.39. The number of carbonyl (C=O) groups excluding carboxylic acids is 1. The van der Waals surface area contributed by atoms with Crippen molar-refractivity contribution in [3.8, 4) is 0 Å². The van der Waals surface area contributed by atoms with Crippen LogP contribution in [0.1, 0.15) is 26.3 Å². The molecule has 6 heteroatoms. The predicted octanol–water partition coefficient (Wildman–Crippen LogP) is 1.84. The number of nitrogens with zero attached hydrogens (tertiary/aromatic N) is 1. The molecule has 1 amide bonds. The number of thiocarbonyl (C=S) groups is 1. The van der Waals surface area contributed by atoms with Crippen molar-refractivity contribution < 1.29 is 4.79 Å². The third-order valence-electron chi connectivity index (χ3n) is 2.43. The molecule has 5 nitrogen and oxygen atoms in total. The number of anilines is 1. The van der Waals surface area contributed by atoms with Crippen molar-refractivity contribution in [3.05, 3.63) is 29.8 Å². The molecule has 102 valence electrons. The molecule has 1 aromatic rings. The van der Waals surface area contributed by atoms with Crippen molar-refractivity contribution in [2.45, 2.75) is 20.8 Å². The van der Waals surface area contributed by atoms with Crippen LogP contribution in [0.25, 0.3) is 0 Å². The Morgan fingerprint density at radius 1 is 1.32 bits per heavy atom. The highest BCUT2D eigenvalue weighted by molar-refractivity contribution is 7.80. The Labute approximate surface area is 118 Å². The van der Waals surface area contributed by atoms with Crippen molar-refractivity contribution >= 4 is 34.6 Å². The Bertz CT molecular complexity index is 494. The normalized spacial score (nSPS) is 11.3. The van der Waals surface area contributed by atoms with Gasteiger partial charge in [0.25, 0.3) is 0 Å². The molecule has 1 aromatic carbocycles. The summed E-state index contributed by atoms with van der Waals surface area (Å²) < 4.78 is 0. The number of nitrogens with two attached hydrogens (primary N) is 1. The third kappa shape index (κ3) is 5.05. The van der Waals surface area contributed by atoms with Crippen LogP contribution in [0, 0.1) is 5.92 Å². The number of hydrogen-bond donors (Lipinski definition) is 3. The van der Waals surface area contributed by atoms with Gasteiger partial charge in [0.2, 0.25) is 5.91 Å². The molecule has 0 heterocycles. The van der Waals surface area contributed by atoms with Gasteiger partial charge in [-0.05, 0) is 36.8 Å². The molecule has 4 N–H and O–H groups in total. The minimum Gasteiger partial charge on any atom is -0.375 e. The number of carbonyl (C=O) groups is 1. The number of benzene rings is 1. The Kier molecular flexibility index (Phi) is 5.44. The van der Waals surface area contributed by atoms with Crippen LogP contribution >= 0.6 is 12.2 Å². The number of amides is 1. The number of hydrazone groups is 1. The summed E-state index contributed by atoms with van der Waals surface area (Å²) in [4.78, 5) is 11.5. The van der Waals surface area contributed by atoms with Crippen molar-refractivity contribution in [1.82, 2.24) is 5.43 Å². The summed E-state index contributed by atoms with van der Waals surface area (Å²) >= 11 is 4.67. The smallest absolute Gasteiger partial charge is 0.226 e. The summed E-state index contributed by atoms with van der Waals surface area (Å²) in [6.07, 6.45) is 0. The highest BCUT2D eigenvalue weighted by Crippen LogP contribution is 2.11. The van der Waals surface area contributed by atoms with Gasteiger partial charge in [-0.25, -0.2) is 0 Å². The van der Waals surface area contributed by atoms with E-state index in [9.17, 15) is 4.79 Å². The monoisotopic (exact) mass is 278 g/mol. The van der Waals surface area contributed by atoms with Crippen LogP contribution in [0.4, 0.5) is 5.69 Å². The molecule has 19 heavy (non-hydrogen) atoms. The Balaban J connectivity index is 2.73. The first-order chi connectivity index (χ1) is 8.90. The molecule has 1 rings (SSSR count). The summed E-state index contributed by atoms with van der Waals surface area (Å²) in [5.41, 5.74) is 10.3. The average Bonchev–Trinajstić information content (AvgIpc) is 2.36. The van der Waals surface area contributed by atoms with E-state index in [-0.39, 0.29) is 16.9 Å². The van der Waals surface area contributed by atoms with Gasteiger partial charge >= 0.3 is 0 Å². The number of rotatable bonds is 4. The molecular weight excluding hydrogens is 260 g/mol. The van der Waals surface area contributed by atoms with Crippen LogP contribution in [-0.4, -0.2) is 16.7 Å².